The highest BCUT2D eigenvalue weighted by molar-refractivity contribution is 5.93. The van der Waals surface area contributed by atoms with Crippen molar-refractivity contribution in [3.63, 3.8) is 0 Å². The molecule has 2 aromatic carbocycles. The van der Waals surface area contributed by atoms with E-state index in [1.54, 1.807) is 26.0 Å². The first kappa shape index (κ1) is 21.3. The normalized spacial score (nSPS) is 11.1. The second kappa shape index (κ2) is 11.0. The van der Waals surface area contributed by atoms with Crippen LogP contribution in [0.5, 0.6) is 5.75 Å². The molecule has 0 aromatic heterocycles. The summed E-state index contributed by atoms with van der Waals surface area (Å²) in [6.07, 6.45) is 0.871. The zero-order valence-electron chi connectivity index (χ0n) is 17.2. The van der Waals surface area contributed by atoms with Gasteiger partial charge in [0.25, 0.3) is 5.91 Å². The topological polar surface area (TPSA) is 66.0 Å². The molecule has 0 aliphatic carbocycles. The van der Waals surface area contributed by atoms with Crippen LogP contribution in [0, 0.1) is 6.92 Å². The molecule has 0 heterocycles. The number of guanidine groups is 1. The number of para-hydroxylation sites is 1. The second-order valence-corrected chi connectivity index (χ2v) is 6.72. The highest BCUT2D eigenvalue weighted by atomic mass is 16.5. The summed E-state index contributed by atoms with van der Waals surface area (Å²) in [4.78, 5) is 17.7. The van der Waals surface area contributed by atoms with Crippen LogP contribution in [0.25, 0.3) is 0 Å². The minimum atomic E-state index is 0.00454. The molecule has 0 fully saturated rings. The Kier molecular flexibility index (Phi) is 8.34. The van der Waals surface area contributed by atoms with Crippen molar-refractivity contribution in [2.24, 2.45) is 4.99 Å². The van der Waals surface area contributed by atoms with Crippen molar-refractivity contribution in [1.29, 1.82) is 0 Å². The van der Waals surface area contributed by atoms with Crippen molar-refractivity contribution in [1.82, 2.24) is 15.5 Å². The van der Waals surface area contributed by atoms with Gasteiger partial charge < -0.3 is 20.3 Å². The molecule has 0 saturated carbocycles. The Hall–Kier alpha value is -3.02. The van der Waals surface area contributed by atoms with Crippen molar-refractivity contribution < 1.29 is 9.53 Å². The average Bonchev–Trinajstić information content (AvgIpc) is 2.71. The molecule has 6 nitrogen and oxygen atoms in total. The Balaban J connectivity index is 1.70. The maximum atomic E-state index is 11.9. The van der Waals surface area contributed by atoms with Crippen LogP contribution in [-0.4, -0.2) is 51.1 Å². The molecule has 0 aliphatic heterocycles. The highest BCUT2D eigenvalue weighted by Gasteiger charge is 2.07. The summed E-state index contributed by atoms with van der Waals surface area (Å²) in [5.41, 5.74) is 2.91. The summed E-state index contributed by atoms with van der Waals surface area (Å²) in [6, 6.07) is 15.6. The van der Waals surface area contributed by atoms with Crippen molar-refractivity contribution >= 4 is 11.9 Å². The third-order valence-electron chi connectivity index (χ3n) is 4.26. The lowest BCUT2D eigenvalue weighted by Gasteiger charge is -2.13. The number of hydrogen-bond acceptors (Lipinski definition) is 3. The smallest absolute Gasteiger partial charge is 0.253 e. The lowest BCUT2D eigenvalue weighted by Crippen LogP contribution is -2.37. The van der Waals surface area contributed by atoms with Crippen molar-refractivity contribution in [3.8, 4) is 5.75 Å². The summed E-state index contributed by atoms with van der Waals surface area (Å²) < 4.78 is 5.80. The predicted molar refractivity (Wildman–Crippen MR) is 114 cm³/mol. The van der Waals surface area contributed by atoms with Gasteiger partial charge in [-0.15, -0.1) is 0 Å². The summed E-state index contributed by atoms with van der Waals surface area (Å²) in [5.74, 6) is 1.68. The molecule has 150 valence electrons. The summed E-state index contributed by atoms with van der Waals surface area (Å²) in [7, 11) is 5.25. The largest absolute Gasteiger partial charge is 0.493 e. The van der Waals surface area contributed by atoms with E-state index in [9.17, 15) is 4.79 Å². The van der Waals surface area contributed by atoms with Gasteiger partial charge in [-0.2, -0.15) is 0 Å². The Bertz CT molecular complexity index is 785. The number of carbonyl (C=O) groups is 1. The van der Waals surface area contributed by atoms with Gasteiger partial charge in [0.2, 0.25) is 0 Å². The van der Waals surface area contributed by atoms with E-state index in [4.69, 9.17) is 4.74 Å². The first-order valence-corrected chi connectivity index (χ1v) is 9.45. The Labute approximate surface area is 167 Å². The molecule has 1 amide bonds. The zero-order valence-corrected chi connectivity index (χ0v) is 17.2. The van der Waals surface area contributed by atoms with Gasteiger partial charge in [0.1, 0.15) is 5.75 Å². The second-order valence-electron chi connectivity index (χ2n) is 6.72. The van der Waals surface area contributed by atoms with Crippen molar-refractivity contribution in [2.45, 2.75) is 19.9 Å². The SMILES string of the molecule is CN=C(NCCCOc1ccccc1C)NCc1ccc(C(=O)N(C)C)cc1. The monoisotopic (exact) mass is 382 g/mol. The molecule has 2 aromatic rings. The molecular weight excluding hydrogens is 352 g/mol. The maximum Gasteiger partial charge on any atom is 0.253 e. The van der Waals surface area contributed by atoms with Crippen LogP contribution in [0.4, 0.5) is 0 Å². The number of aliphatic imine (C=N–C) groups is 1. The van der Waals surface area contributed by atoms with Crippen LogP contribution in [0.1, 0.15) is 27.9 Å². The summed E-state index contributed by atoms with van der Waals surface area (Å²) in [6.45, 7) is 4.09. The van der Waals surface area contributed by atoms with E-state index in [2.05, 4.69) is 15.6 Å². The van der Waals surface area contributed by atoms with Gasteiger partial charge in [0.05, 0.1) is 6.61 Å². The molecule has 0 radical (unpaired) electrons. The Morgan fingerprint density at radius 1 is 1.07 bits per heavy atom. The number of ether oxygens (including phenoxy) is 1. The van der Waals surface area contributed by atoms with Crippen LogP contribution < -0.4 is 15.4 Å². The van der Waals surface area contributed by atoms with Gasteiger partial charge in [-0.3, -0.25) is 9.79 Å². The first-order valence-electron chi connectivity index (χ1n) is 9.45. The van der Waals surface area contributed by atoms with Crippen LogP contribution in [0.2, 0.25) is 0 Å². The van der Waals surface area contributed by atoms with Gasteiger partial charge in [-0.25, -0.2) is 0 Å². The highest BCUT2D eigenvalue weighted by Crippen LogP contribution is 2.16. The molecular formula is C22H30N4O2. The maximum absolute atomic E-state index is 11.9. The number of hydrogen-bond donors (Lipinski definition) is 2. The van der Waals surface area contributed by atoms with Crippen molar-refractivity contribution in [3.05, 3.63) is 65.2 Å². The van der Waals surface area contributed by atoms with Crippen LogP contribution in [-0.2, 0) is 6.54 Å². The van der Waals surface area contributed by atoms with Crippen LogP contribution in [0.3, 0.4) is 0 Å². The van der Waals surface area contributed by atoms with E-state index < -0.39 is 0 Å². The molecule has 0 saturated heterocycles. The fourth-order valence-corrected chi connectivity index (χ4v) is 2.61. The Morgan fingerprint density at radius 3 is 2.43 bits per heavy atom. The number of benzene rings is 2. The molecule has 6 heteroatoms. The lowest BCUT2D eigenvalue weighted by atomic mass is 10.1. The minimum Gasteiger partial charge on any atom is -0.493 e. The van der Waals surface area contributed by atoms with Crippen LogP contribution in [0.15, 0.2) is 53.5 Å². The van der Waals surface area contributed by atoms with E-state index in [0.717, 1.165) is 35.8 Å². The summed E-state index contributed by atoms with van der Waals surface area (Å²) >= 11 is 0. The fourth-order valence-electron chi connectivity index (χ4n) is 2.61. The van der Waals surface area contributed by atoms with E-state index >= 15 is 0 Å². The minimum absolute atomic E-state index is 0.00454. The van der Waals surface area contributed by atoms with Gasteiger partial charge >= 0.3 is 0 Å². The quantitative estimate of drug-likeness (QED) is 0.419. The van der Waals surface area contributed by atoms with Gasteiger partial charge in [-0.1, -0.05) is 30.3 Å². The third kappa shape index (κ3) is 6.61. The number of amides is 1. The Morgan fingerprint density at radius 2 is 1.79 bits per heavy atom. The first-order chi connectivity index (χ1) is 13.5. The third-order valence-corrected chi connectivity index (χ3v) is 4.26. The molecule has 0 aliphatic rings. The standard InChI is InChI=1S/C22H30N4O2/c1-17-8-5-6-9-20(17)28-15-7-14-24-22(23-2)25-16-18-10-12-19(13-11-18)21(27)26(3)4/h5-6,8-13H,7,14-16H2,1-4H3,(H2,23,24,25). The molecule has 0 spiro atoms. The number of nitrogens with one attached hydrogen (secondary N) is 2. The van der Waals surface area contributed by atoms with Crippen molar-refractivity contribution in [2.75, 3.05) is 34.3 Å². The average molecular weight is 383 g/mol. The molecule has 28 heavy (non-hydrogen) atoms. The van der Waals surface area contributed by atoms with E-state index in [1.165, 1.54) is 0 Å². The lowest BCUT2D eigenvalue weighted by molar-refractivity contribution is 0.0827. The van der Waals surface area contributed by atoms with Gasteiger partial charge in [-0.05, 0) is 42.7 Å². The molecule has 0 atom stereocenters. The molecule has 2 rings (SSSR count). The van der Waals surface area contributed by atoms with Crippen LogP contribution >= 0.6 is 0 Å². The number of nitrogens with zero attached hydrogens (tertiary/aromatic N) is 2. The zero-order chi connectivity index (χ0) is 20.4. The van der Waals surface area contributed by atoms with E-state index in [0.29, 0.717) is 18.7 Å². The molecule has 0 unspecified atom stereocenters. The predicted octanol–water partition coefficient (Wildman–Crippen LogP) is 2.83. The number of rotatable bonds is 8. The molecule has 2 N–H and O–H groups in total. The number of aryl methyl sites for hydroxylation is 1. The number of carbonyl (C=O) groups excluding carboxylic acids is 1. The van der Waals surface area contributed by atoms with E-state index in [1.807, 2.05) is 55.5 Å². The van der Waals surface area contributed by atoms with E-state index in [-0.39, 0.29) is 5.91 Å². The molecule has 0 bridgehead atoms. The fraction of sp³-hybridized carbons (Fsp3) is 0.364. The van der Waals surface area contributed by atoms with Gasteiger partial charge in [0.15, 0.2) is 5.96 Å². The summed E-state index contributed by atoms with van der Waals surface area (Å²) in [5, 5.41) is 6.56. The van der Waals surface area contributed by atoms with Gasteiger partial charge in [0, 0.05) is 39.8 Å².